The molecule has 1 aliphatic heterocycles. The van der Waals surface area contributed by atoms with Crippen molar-refractivity contribution in [3.63, 3.8) is 0 Å². The lowest BCUT2D eigenvalue weighted by Gasteiger charge is -2.36. The number of nitro groups is 1. The fraction of sp³-hybridized carbons (Fsp3) is 0.462. The van der Waals surface area contributed by atoms with Crippen LogP contribution in [0.15, 0.2) is 24.3 Å². The van der Waals surface area contributed by atoms with Crippen molar-refractivity contribution < 1.29 is 9.72 Å². The summed E-state index contributed by atoms with van der Waals surface area (Å²) in [7, 11) is 0. The summed E-state index contributed by atoms with van der Waals surface area (Å²) in [5.74, 6) is -0.0740. The Bertz CT molecular complexity index is 476. The molecule has 6 nitrogen and oxygen atoms in total. The van der Waals surface area contributed by atoms with Crippen LogP contribution < -0.4 is 5.32 Å². The standard InChI is InChI=1S/C13H17N3O3/c1-9-7-15(8-10(2)14-9)13(17)11-3-5-12(6-4-11)16(18)19/h3-6,9-10,14H,7-8H2,1-2H3. The van der Waals surface area contributed by atoms with Gasteiger partial charge in [-0.15, -0.1) is 0 Å². The van der Waals surface area contributed by atoms with E-state index in [1.807, 2.05) is 13.8 Å². The Hall–Kier alpha value is -1.95. The number of hydrogen-bond donors (Lipinski definition) is 1. The molecule has 2 rings (SSSR count). The van der Waals surface area contributed by atoms with E-state index >= 15 is 0 Å². The molecule has 19 heavy (non-hydrogen) atoms. The van der Waals surface area contributed by atoms with E-state index in [4.69, 9.17) is 0 Å². The molecule has 1 fully saturated rings. The van der Waals surface area contributed by atoms with Gasteiger partial charge in [-0.3, -0.25) is 14.9 Å². The molecule has 1 aromatic rings. The van der Waals surface area contributed by atoms with Gasteiger partial charge in [0.05, 0.1) is 4.92 Å². The molecule has 1 aliphatic rings. The fourth-order valence-electron chi connectivity index (χ4n) is 2.40. The van der Waals surface area contributed by atoms with Crippen molar-refractivity contribution >= 4 is 11.6 Å². The van der Waals surface area contributed by atoms with Crippen LogP contribution in [0.25, 0.3) is 0 Å². The maximum absolute atomic E-state index is 12.3. The van der Waals surface area contributed by atoms with Crippen LogP contribution >= 0.6 is 0 Å². The number of hydrogen-bond acceptors (Lipinski definition) is 4. The largest absolute Gasteiger partial charge is 0.336 e. The summed E-state index contributed by atoms with van der Waals surface area (Å²) in [5.41, 5.74) is 0.491. The van der Waals surface area contributed by atoms with Crippen LogP contribution in [0.3, 0.4) is 0 Å². The molecule has 1 heterocycles. The first kappa shape index (κ1) is 13.5. The highest BCUT2D eigenvalue weighted by molar-refractivity contribution is 5.94. The van der Waals surface area contributed by atoms with Crippen LogP contribution in [0.1, 0.15) is 24.2 Å². The Labute approximate surface area is 111 Å². The lowest BCUT2D eigenvalue weighted by Crippen LogP contribution is -2.55. The summed E-state index contributed by atoms with van der Waals surface area (Å²) in [6.07, 6.45) is 0. The van der Waals surface area contributed by atoms with Gasteiger partial charge < -0.3 is 10.2 Å². The Kier molecular flexibility index (Phi) is 3.80. The van der Waals surface area contributed by atoms with E-state index in [-0.39, 0.29) is 23.7 Å². The zero-order valence-electron chi connectivity index (χ0n) is 11.0. The minimum absolute atomic E-state index is 0.00130. The van der Waals surface area contributed by atoms with E-state index in [1.54, 1.807) is 4.90 Å². The molecule has 102 valence electrons. The van der Waals surface area contributed by atoms with Crippen molar-refractivity contribution in [1.82, 2.24) is 10.2 Å². The molecule has 2 unspecified atom stereocenters. The normalized spacial score (nSPS) is 23.2. The quantitative estimate of drug-likeness (QED) is 0.646. The third-order valence-corrected chi connectivity index (χ3v) is 3.17. The van der Waals surface area contributed by atoms with Crippen molar-refractivity contribution in [3.05, 3.63) is 39.9 Å². The molecular weight excluding hydrogens is 246 g/mol. The number of non-ortho nitro benzene ring substituents is 1. The highest BCUT2D eigenvalue weighted by Crippen LogP contribution is 2.15. The average molecular weight is 263 g/mol. The number of nitrogens with zero attached hydrogens (tertiary/aromatic N) is 2. The van der Waals surface area contributed by atoms with Gasteiger partial charge in [-0.05, 0) is 26.0 Å². The summed E-state index contributed by atoms with van der Waals surface area (Å²) in [6.45, 7) is 5.37. The molecule has 0 radical (unpaired) electrons. The average Bonchev–Trinajstić information content (AvgIpc) is 2.37. The smallest absolute Gasteiger partial charge is 0.269 e. The zero-order valence-corrected chi connectivity index (χ0v) is 11.0. The van der Waals surface area contributed by atoms with E-state index in [2.05, 4.69) is 5.32 Å². The lowest BCUT2D eigenvalue weighted by atomic mass is 10.1. The van der Waals surface area contributed by atoms with Gasteiger partial charge in [0.2, 0.25) is 0 Å². The fourth-order valence-corrected chi connectivity index (χ4v) is 2.40. The lowest BCUT2D eigenvalue weighted by molar-refractivity contribution is -0.384. The zero-order chi connectivity index (χ0) is 14.0. The Morgan fingerprint density at radius 3 is 2.26 bits per heavy atom. The summed E-state index contributed by atoms with van der Waals surface area (Å²) < 4.78 is 0. The van der Waals surface area contributed by atoms with E-state index in [0.717, 1.165) is 0 Å². The summed E-state index contributed by atoms with van der Waals surface area (Å²) in [5, 5.41) is 13.9. The second-order valence-electron chi connectivity index (χ2n) is 4.98. The summed E-state index contributed by atoms with van der Waals surface area (Å²) in [4.78, 5) is 24.2. The van der Waals surface area contributed by atoms with Crippen LogP contribution in [0.4, 0.5) is 5.69 Å². The molecular formula is C13H17N3O3. The molecule has 0 saturated carbocycles. The van der Waals surface area contributed by atoms with Crippen LogP contribution in [0, 0.1) is 10.1 Å². The molecule has 0 aromatic heterocycles. The van der Waals surface area contributed by atoms with E-state index in [1.165, 1.54) is 24.3 Å². The number of piperazine rings is 1. The number of benzene rings is 1. The predicted octanol–water partition coefficient (Wildman–Crippen LogP) is 1.42. The number of nitrogens with one attached hydrogen (secondary N) is 1. The van der Waals surface area contributed by atoms with Crippen molar-refractivity contribution in [3.8, 4) is 0 Å². The van der Waals surface area contributed by atoms with Gasteiger partial charge in [0.1, 0.15) is 0 Å². The first-order chi connectivity index (χ1) is 8.97. The van der Waals surface area contributed by atoms with Crippen molar-refractivity contribution in [1.29, 1.82) is 0 Å². The third kappa shape index (κ3) is 3.08. The number of nitro benzene ring substituents is 1. The topological polar surface area (TPSA) is 75.5 Å². The summed E-state index contributed by atoms with van der Waals surface area (Å²) in [6, 6.07) is 6.26. The maximum atomic E-state index is 12.3. The Balaban J connectivity index is 2.12. The first-order valence-corrected chi connectivity index (χ1v) is 6.27. The predicted molar refractivity (Wildman–Crippen MR) is 71.1 cm³/mol. The molecule has 1 aromatic carbocycles. The number of carbonyl (C=O) groups is 1. The molecule has 0 spiro atoms. The second-order valence-corrected chi connectivity index (χ2v) is 4.98. The maximum Gasteiger partial charge on any atom is 0.269 e. The van der Waals surface area contributed by atoms with Gasteiger partial charge in [0.25, 0.3) is 11.6 Å². The second kappa shape index (κ2) is 5.36. The highest BCUT2D eigenvalue weighted by Gasteiger charge is 2.25. The third-order valence-electron chi connectivity index (χ3n) is 3.17. The first-order valence-electron chi connectivity index (χ1n) is 6.27. The van der Waals surface area contributed by atoms with Crippen LogP contribution in [0.5, 0.6) is 0 Å². The number of amides is 1. The molecule has 0 aliphatic carbocycles. The molecule has 1 amide bonds. The molecule has 2 atom stereocenters. The van der Waals surface area contributed by atoms with Crippen LogP contribution in [-0.2, 0) is 0 Å². The van der Waals surface area contributed by atoms with Crippen molar-refractivity contribution in [2.75, 3.05) is 13.1 Å². The number of rotatable bonds is 2. The van der Waals surface area contributed by atoms with Gasteiger partial charge in [0, 0.05) is 42.9 Å². The Morgan fingerprint density at radius 1 is 1.26 bits per heavy atom. The minimum Gasteiger partial charge on any atom is -0.336 e. The van der Waals surface area contributed by atoms with Gasteiger partial charge in [-0.1, -0.05) is 0 Å². The van der Waals surface area contributed by atoms with Gasteiger partial charge in [0.15, 0.2) is 0 Å². The van der Waals surface area contributed by atoms with Gasteiger partial charge in [-0.2, -0.15) is 0 Å². The number of carbonyl (C=O) groups excluding carboxylic acids is 1. The minimum atomic E-state index is -0.469. The van der Waals surface area contributed by atoms with Gasteiger partial charge in [-0.25, -0.2) is 0 Å². The van der Waals surface area contributed by atoms with E-state index in [0.29, 0.717) is 18.7 Å². The van der Waals surface area contributed by atoms with Crippen LogP contribution in [-0.4, -0.2) is 40.9 Å². The molecule has 1 N–H and O–H groups in total. The monoisotopic (exact) mass is 263 g/mol. The van der Waals surface area contributed by atoms with Gasteiger partial charge >= 0.3 is 0 Å². The molecule has 1 saturated heterocycles. The van der Waals surface area contributed by atoms with Crippen LogP contribution in [0.2, 0.25) is 0 Å². The van der Waals surface area contributed by atoms with Crippen molar-refractivity contribution in [2.24, 2.45) is 0 Å². The molecule has 0 bridgehead atoms. The van der Waals surface area contributed by atoms with Crippen molar-refractivity contribution in [2.45, 2.75) is 25.9 Å². The van der Waals surface area contributed by atoms with E-state index < -0.39 is 4.92 Å². The van der Waals surface area contributed by atoms with E-state index in [9.17, 15) is 14.9 Å². The SMILES string of the molecule is CC1CN(C(=O)c2ccc([N+](=O)[O-])cc2)CC(C)N1. The Morgan fingerprint density at radius 2 is 1.79 bits per heavy atom. The highest BCUT2D eigenvalue weighted by atomic mass is 16.6. The summed E-state index contributed by atoms with van der Waals surface area (Å²) >= 11 is 0. The molecule has 6 heteroatoms.